The Labute approximate surface area is 172 Å². The number of hydrogen-bond acceptors (Lipinski definition) is 5. The molecule has 1 heterocycles. The SMILES string of the molecule is COc1ccc(C[C@H]2OC[C@H](C)[C@@H]([C@@H](C)C(=O)C[C@H](O)c3ccccc3)O2)cc1. The molecule has 0 unspecified atom stereocenters. The maximum absolute atomic E-state index is 12.8. The van der Waals surface area contributed by atoms with E-state index in [1.165, 1.54) is 0 Å². The van der Waals surface area contributed by atoms with Gasteiger partial charge >= 0.3 is 0 Å². The van der Waals surface area contributed by atoms with E-state index < -0.39 is 6.10 Å². The number of ketones is 1. The van der Waals surface area contributed by atoms with Crippen LogP contribution in [0.4, 0.5) is 0 Å². The number of ether oxygens (including phenoxy) is 3. The van der Waals surface area contributed by atoms with Crippen molar-refractivity contribution in [1.82, 2.24) is 0 Å². The maximum Gasteiger partial charge on any atom is 0.162 e. The molecule has 2 aromatic rings. The minimum Gasteiger partial charge on any atom is -0.497 e. The number of aliphatic hydroxyl groups excluding tert-OH is 1. The topological polar surface area (TPSA) is 65.0 Å². The van der Waals surface area contributed by atoms with Crippen LogP contribution in [-0.4, -0.2) is 37.0 Å². The summed E-state index contributed by atoms with van der Waals surface area (Å²) in [5.74, 6) is 0.603. The predicted molar refractivity (Wildman–Crippen MR) is 111 cm³/mol. The van der Waals surface area contributed by atoms with E-state index in [4.69, 9.17) is 14.2 Å². The van der Waals surface area contributed by atoms with Gasteiger partial charge in [-0.05, 0) is 23.3 Å². The molecular formula is C24H30O5. The van der Waals surface area contributed by atoms with Crippen molar-refractivity contribution in [2.45, 2.75) is 45.2 Å². The molecule has 1 saturated heterocycles. The van der Waals surface area contributed by atoms with Crippen molar-refractivity contribution < 1.29 is 24.1 Å². The maximum atomic E-state index is 12.8. The number of carbonyl (C=O) groups is 1. The average Bonchev–Trinajstić information content (AvgIpc) is 2.75. The fourth-order valence-electron chi connectivity index (χ4n) is 3.73. The highest BCUT2D eigenvalue weighted by Crippen LogP contribution is 2.29. The van der Waals surface area contributed by atoms with Crippen LogP contribution in [0.2, 0.25) is 0 Å². The highest BCUT2D eigenvalue weighted by Gasteiger charge is 2.36. The third-order valence-electron chi connectivity index (χ3n) is 5.56. The molecule has 29 heavy (non-hydrogen) atoms. The Morgan fingerprint density at radius 1 is 1.17 bits per heavy atom. The summed E-state index contributed by atoms with van der Waals surface area (Å²) in [5.41, 5.74) is 1.84. The summed E-state index contributed by atoms with van der Waals surface area (Å²) < 4.78 is 17.2. The summed E-state index contributed by atoms with van der Waals surface area (Å²) in [6.45, 7) is 4.47. The third kappa shape index (κ3) is 5.66. The molecular weight excluding hydrogens is 368 g/mol. The van der Waals surface area contributed by atoms with Crippen molar-refractivity contribution in [3.8, 4) is 5.75 Å². The van der Waals surface area contributed by atoms with E-state index in [1.54, 1.807) is 7.11 Å². The fourth-order valence-corrected chi connectivity index (χ4v) is 3.73. The van der Waals surface area contributed by atoms with Crippen molar-refractivity contribution in [1.29, 1.82) is 0 Å². The molecule has 0 aliphatic carbocycles. The number of hydrogen-bond donors (Lipinski definition) is 1. The van der Waals surface area contributed by atoms with Crippen LogP contribution >= 0.6 is 0 Å². The van der Waals surface area contributed by atoms with E-state index in [0.717, 1.165) is 16.9 Å². The molecule has 1 aliphatic rings. The van der Waals surface area contributed by atoms with E-state index in [1.807, 2.05) is 68.4 Å². The molecule has 0 amide bonds. The van der Waals surface area contributed by atoms with Crippen LogP contribution in [0.3, 0.4) is 0 Å². The fraction of sp³-hybridized carbons (Fsp3) is 0.458. The summed E-state index contributed by atoms with van der Waals surface area (Å²) in [6, 6.07) is 17.1. The summed E-state index contributed by atoms with van der Waals surface area (Å²) in [5, 5.41) is 10.4. The number of benzene rings is 2. The standard InChI is InChI=1S/C24H30O5/c1-16-15-28-23(13-18-9-11-20(27-3)12-10-18)29-24(16)17(2)21(25)14-22(26)19-7-5-4-6-8-19/h4-12,16-17,22-24,26H,13-15H2,1-3H3/t16-,17-,22-,23-,24-/m0/s1. The number of aliphatic hydroxyl groups is 1. The summed E-state index contributed by atoms with van der Waals surface area (Å²) in [6.07, 6.45) is -0.722. The highest BCUT2D eigenvalue weighted by atomic mass is 16.7. The zero-order valence-corrected chi connectivity index (χ0v) is 17.3. The Kier molecular flexibility index (Phi) is 7.42. The lowest BCUT2D eigenvalue weighted by atomic mass is 9.87. The van der Waals surface area contributed by atoms with E-state index >= 15 is 0 Å². The van der Waals surface area contributed by atoms with Crippen LogP contribution in [0.1, 0.15) is 37.5 Å². The van der Waals surface area contributed by atoms with Gasteiger partial charge in [-0.15, -0.1) is 0 Å². The minimum atomic E-state index is -0.795. The first kappa shape index (κ1) is 21.5. The van der Waals surface area contributed by atoms with Crippen LogP contribution in [0.5, 0.6) is 5.75 Å². The normalized spacial score (nSPS) is 23.9. The molecule has 0 aromatic heterocycles. The van der Waals surface area contributed by atoms with Crippen molar-refractivity contribution in [3.05, 3.63) is 65.7 Å². The Balaban J connectivity index is 1.59. The Morgan fingerprint density at radius 3 is 2.52 bits per heavy atom. The molecule has 2 aromatic carbocycles. The van der Waals surface area contributed by atoms with Crippen LogP contribution in [0.15, 0.2) is 54.6 Å². The molecule has 0 spiro atoms. The smallest absolute Gasteiger partial charge is 0.162 e. The average molecular weight is 398 g/mol. The lowest BCUT2D eigenvalue weighted by molar-refractivity contribution is -0.242. The molecule has 5 nitrogen and oxygen atoms in total. The second kappa shape index (κ2) is 10.0. The second-order valence-corrected chi connectivity index (χ2v) is 7.78. The molecule has 3 rings (SSSR count). The zero-order chi connectivity index (χ0) is 20.8. The van der Waals surface area contributed by atoms with Gasteiger partial charge < -0.3 is 19.3 Å². The highest BCUT2D eigenvalue weighted by molar-refractivity contribution is 5.81. The van der Waals surface area contributed by atoms with Crippen LogP contribution in [0.25, 0.3) is 0 Å². The molecule has 1 aliphatic heterocycles. The van der Waals surface area contributed by atoms with E-state index in [0.29, 0.717) is 13.0 Å². The number of methoxy groups -OCH3 is 1. The molecule has 5 atom stereocenters. The third-order valence-corrected chi connectivity index (χ3v) is 5.56. The van der Waals surface area contributed by atoms with Gasteiger partial charge in [-0.1, -0.05) is 56.3 Å². The van der Waals surface area contributed by atoms with E-state index in [9.17, 15) is 9.90 Å². The van der Waals surface area contributed by atoms with Crippen molar-refractivity contribution >= 4 is 5.78 Å². The summed E-state index contributed by atoms with van der Waals surface area (Å²) in [4.78, 5) is 12.8. The Hall–Kier alpha value is -2.21. The molecule has 1 N–H and O–H groups in total. The van der Waals surface area contributed by atoms with Crippen molar-refractivity contribution in [2.24, 2.45) is 11.8 Å². The first-order valence-electron chi connectivity index (χ1n) is 10.1. The molecule has 1 fully saturated rings. The van der Waals surface area contributed by atoms with Crippen molar-refractivity contribution in [3.63, 3.8) is 0 Å². The number of carbonyl (C=O) groups excluding carboxylic acids is 1. The molecule has 156 valence electrons. The first-order valence-corrected chi connectivity index (χ1v) is 10.1. The minimum absolute atomic E-state index is 0.00306. The van der Waals surface area contributed by atoms with Crippen LogP contribution in [-0.2, 0) is 20.7 Å². The number of rotatable bonds is 8. The van der Waals surface area contributed by atoms with E-state index in [2.05, 4.69) is 0 Å². The van der Waals surface area contributed by atoms with Gasteiger partial charge in [0, 0.05) is 24.7 Å². The number of Topliss-reactive ketones (excluding diaryl/α,β-unsaturated/α-hetero) is 1. The lowest BCUT2D eigenvalue weighted by Crippen LogP contribution is -2.45. The van der Waals surface area contributed by atoms with Crippen LogP contribution in [0, 0.1) is 11.8 Å². The zero-order valence-electron chi connectivity index (χ0n) is 17.3. The van der Waals surface area contributed by atoms with Crippen LogP contribution < -0.4 is 4.74 Å². The molecule has 0 saturated carbocycles. The van der Waals surface area contributed by atoms with Gasteiger partial charge in [0.05, 0.1) is 25.9 Å². The van der Waals surface area contributed by atoms with Gasteiger partial charge in [0.25, 0.3) is 0 Å². The quantitative estimate of drug-likeness (QED) is 0.730. The van der Waals surface area contributed by atoms with Crippen molar-refractivity contribution in [2.75, 3.05) is 13.7 Å². The van der Waals surface area contributed by atoms with Gasteiger partial charge in [0.2, 0.25) is 0 Å². The van der Waals surface area contributed by atoms with Gasteiger partial charge in [0.15, 0.2) is 6.29 Å². The Bertz CT molecular complexity index is 774. The van der Waals surface area contributed by atoms with Gasteiger partial charge in [-0.2, -0.15) is 0 Å². The summed E-state index contributed by atoms with van der Waals surface area (Å²) in [7, 11) is 1.64. The van der Waals surface area contributed by atoms with Gasteiger partial charge in [-0.25, -0.2) is 0 Å². The molecule has 0 bridgehead atoms. The second-order valence-electron chi connectivity index (χ2n) is 7.78. The lowest BCUT2D eigenvalue weighted by Gasteiger charge is -2.38. The predicted octanol–water partition coefficient (Wildman–Crippen LogP) is 3.94. The molecule has 0 radical (unpaired) electrons. The van der Waals surface area contributed by atoms with Gasteiger partial charge in [-0.3, -0.25) is 4.79 Å². The van der Waals surface area contributed by atoms with E-state index in [-0.39, 0.29) is 36.4 Å². The molecule has 5 heteroatoms. The van der Waals surface area contributed by atoms with Gasteiger partial charge in [0.1, 0.15) is 11.5 Å². The largest absolute Gasteiger partial charge is 0.497 e. The monoisotopic (exact) mass is 398 g/mol. The summed E-state index contributed by atoms with van der Waals surface area (Å²) >= 11 is 0. The Morgan fingerprint density at radius 2 is 1.86 bits per heavy atom. The first-order chi connectivity index (χ1) is 14.0.